The fraction of sp³-hybridized carbons (Fsp3) is 0. The number of allylic oxidation sites excluding steroid dienone is 3. The zero-order valence-corrected chi connectivity index (χ0v) is 10.9. The molecule has 1 aliphatic rings. The summed E-state index contributed by atoms with van der Waals surface area (Å²) >= 11 is -0.380. The van der Waals surface area contributed by atoms with Crippen LogP contribution in [0.5, 0.6) is 0 Å². The average molecular weight is 358 g/mol. The van der Waals surface area contributed by atoms with Gasteiger partial charge in [0.15, 0.2) is 0 Å². The van der Waals surface area contributed by atoms with Crippen LogP contribution in [-0.2, 0) is 0 Å². The van der Waals surface area contributed by atoms with E-state index in [4.69, 9.17) is 4.91 Å². The third kappa shape index (κ3) is 9.14. The Labute approximate surface area is 81.9 Å². The minimum absolute atomic E-state index is 0.315. The topological polar surface area (TPSA) is 93.8 Å². The maximum atomic E-state index is 9.02. The van der Waals surface area contributed by atoms with Gasteiger partial charge in [-0.2, -0.15) is 0 Å². The largest absolute Gasteiger partial charge is 0.368 e. The smallest absolute Gasteiger partial charge is 0.214 e. The summed E-state index contributed by atoms with van der Waals surface area (Å²) in [6, 6.07) is 0. The van der Waals surface area contributed by atoms with Gasteiger partial charge >= 0.3 is 49.2 Å². The van der Waals surface area contributed by atoms with Crippen molar-refractivity contribution in [2.75, 3.05) is 0 Å². The molecule has 0 saturated heterocycles. The van der Waals surface area contributed by atoms with Crippen LogP contribution in [0.15, 0.2) is 32.3 Å². The SMILES string of the molecule is C1=C[CH]=[Tl][CH]=C1.NC(N)=NN=O. The van der Waals surface area contributed by atoms with Gasteiger partial charge in [-0.25, -0.2) is 0 Å². The molecule has 0 fully saturated rings. The van der Waals surface area contributed by atoms with Crippen LogP contribution >= 0.6 is 0 Å². The Morgan fingerprint density at radius 1 is 1.25 bits per heavy atom. The molecule has 0 aromatic carbocycles. The standard InChI is InChI=1S/C5H5.CH4N4O.Tl/c1-3-5-4-2;2-1(3)4-5-6;/h1-5H;(H4,2,3,4,6);. The van der Waals surface area contributed by atoms with Crippen molar-refractivity contribution in [2.24, 2.45) is 21.9 Å². The minimum atomic E-state index is -0.380. The molecule has 0 aromatic rings. The molecule has 0 saturated carbocycles. The van der Waals surface area contributed by atoms with E-state index in [-0.39, 0.29) is 29.7 Å². The molecule has 0 spiro atoms. The van der Waals surface area contributed by atoms with Gasteiger partial charge in [0.2, 0.25) is 5.96 Å². The van der Waals surface area contributed by atoms with Gasteiger partial charge in [0.25, 0.3) is 0 Å². The van der Waals surface area contributed by atoms with Gasteiger partial charge in [-0.15, -0.1) is 4.91 Å². The van der Waals surface area contributed by atoms with E-state index >= 15 is 0 Å². The molecule has 0 atom stereocenters. The molecule has 1 rings (SSSR count). The molecule has 4 N–H and O–H groups in total. The van der Waals surface area contributed by atoms with Gasteiger partial charge in [0.05, 0.1) is 5.29 Å². The van der Waals surface area contributed by atoms with E-state index in [0.29, 0.717) is 0 Å². The Kier molecular flexibility index (Phi) is 7.65. The monoisotopic (exact) mass is 358 g/mol. The quantitative estimate of drug-likeness (QED) is 0.218. The van der Waals surface area contributed by atoms with E-state index < -0.39 is 0 Å². The molecule has 0 aliphatic carbocycles. The Morgan fingerprint density at radius 2 is 2.00 bits per heavy atom. The van der Waals surface area contributed by atoms with Crippen LogP contribution < -0.4 is 11.5 Å². The number of rotatable bonds is 1. The Morgan fingerprint density at radius 3 is 2.08 bits per heavy atom. The second-order valence-corrected chi connectivity index (χ2v) is 6.25. The summed E-state index contributed by atoms with van der Waals surface area (Å²) in [6.07, 6.45) is 6.38. The van der Waals surface area contributed by atoms with E-state index in [1.165, 1.54) is 0 Å². The molecule has 0 amide bonds. The van der Waals surface area contributed by atoms with Gasteiger partial charge in [0, 0.05) is 0 Å². The fourth-order valence-electron chi connectivity index (χ4n) is 0.432. The number of nitrogens with two attached hydrogens (primary N) is 2. The predicted molar refractivity (Wildman–Crippen MR) is 51.7 cm³/mol. The van der Waals surface area contributed by atoms with Crippen LogP contribution in [0.2, 0.25) is 0 Å². The summed E-state index contributed by atoms with van der Waals surface area (Å²) in [5, 5.41) is 4.69. The first-order valence-electron chi connectivity index (χ1n) is 3.18. The van der Waals surface area contributed by atoms with Crippen molar-refractivity contribution in [1.29, 1.82) is 0 Å². The molecule has 0 aromatic heterocycles. The van der Waals surface area contributed by atoms with E-state index in [2.05, 4.69) is 42.0 Å². The van der Waals surface area contributed by atoms with Crippen LogP contribution in [-0.4, -0.2) is 33.3 Å². The van der Waals surface area contributed by atoms with Crippen molar-refractivity contribution in [3.63, 3.8) is 0 Å². The summed E-state index contributed by atoms with van der Waals surface area (Å²) in [5.41, 5.74) is 9.27. The van der Waals surface area contributed by atoms with Gasteiger partial charge in [-0.3, -0.25) is 0 Å². The third-order valence-corrected chi connectivity index (χ3v) is 4.28. The predicted octanol–water partition coefficient (Wildman–Crippen LogP) is -0.482. The second kappa shape index (κ2) is 8.24. The van der Waals surface area contributed by atoms with Gasteiger partial charge in [-0.05, 0) is 0 Å². The number of hydrogen-bond donors (Lipinski definition) is 2. The molecule has 1 aliphatic heterocycles. The summed E-state index contributed by atoms with van der Waals surface area (Å²) in [4.78, 5) is 9.02. The summed E-state index contributed by atoms with van der Waals surface area (Å²) in [5.74, 6) is -0.315. The molecule has 0 unspecified atom stereocenters. The van der Waals surface area contributed by atoms with Crippen LogP contribution in [0.1, 0.15) is 0 Å². The van der Waals surface area contributed by atoms with Crippen molar-refractivity contribution in [3.8, 4) is 0 Å². The molecule has 5 nitrogen and oxygen atoms in total. The minimum Gasteiger partial charge on any atom is -0.368 e. The third-order valence-electron chi connectivity index (χ3n) is 0.823. The zero-order valence-electron chi connectivity index (χ0n) is 6.42. The van der Waals surface area contributed by atoms with Gasteiger partial charge in [-0.1, -0.05) is 5.10 Å². The molecule has 0 bridgehead atoms. The maximum absolute atomic E-state index is 9.02. The van der Waals surface area contributed by atoms with E-state index in [0.717, 1.165) is 0 Å². The van der Waals surface area contributed by atoms with Crippen LogP contribution in [0.25, 0.3) is 0 Å². The normalized spacial score (nSPS) is 10.7. The van der Waals surface area contributed by atoms with Crippen molar-refractivity contribution < 1.29 is 0 Å². The van der Waals surface area contributed by atoms with Crippen molar-refractivity contribution in [3.05, 3.63) is 26.8 Å². The molecule has 12 heavy (non-hydrogen) atoms. The Balaban J connectivity index is 0.000000202. The van der Waals surface area contributed by atoms with Crippen LogP contribution in [0.4, 0.5) is 0 Å². The summed E-state index contributed by atoms with van der Waals surface area (Å²) < 4.78 is 4.67. The number of hydrogen-bond acceptors (Lipinski definition) is 2. The molecular weight excluding hydrogens is 348 g/mol. The molecular formula is C6H9N4OTl. The maximum Gasteiger partial charge on any atom is 0.214 e. The van der Waals surface area contributed by atoms with E-state index in [1.54, 1.807) is 0 Å². The first kappa shape index (κ1) is 11.1. The second-order valence-electron chi connectivity index (χ2n) is 1.76. The van der Waals surface area contributed by atoms with E-state index in [1.807, 2.05) is 5.29 Å². The van der Waals surface area contributed by atoms with Gasteiger partial charge in [0.1, 0.15) is 0 Å². The number of nitrogens with zero attached hydrogens (tertiary/aromatic N) is 2. The van der Waals surface area contributed by atoms with Crippen LogP contribution in [0.3, 0.4) is 0 Å². The summed E-state index contributed by atoms with van der Waals surface area (Å²) in [7, 11) is 0. The van der Waals surface area contributed by atoms with Crippen molar-refractivity contribution in [1.82, 2.24) is 0 Å². The van der Waals surface area contributed by atoms with Crippen LogP contribution in [0, 0.1) is 4.91 Å². The first-order valence-corrected chi connectivity index (χ1v) is 8.37. The molecule has 6 heteroatoms. The number of nitroso groups, excluding NO2 is 1. The first-order chi connectivity index (χ1) is 5.77. The molecule has 1 heterocycles. The summed E-state index contributed by atoms with van der Waals surface area (Å²) in [6.45, 7) is 0. The fourth-order valence-corrected chi connectivity index (χ4v) is 2.93. The average Bonchev–Trinajstić information content (AvgIpc) is 2.08. The Hall–Kier alpha value is -0.858. The van der Waals surface area contributed by atoms with E-state index in [9.17, 15) is 0 Å². The van der Waals surface area contributed by atoms with Gasteiger partial charge < -0.3 is 11.5 Å². The van der Waals surface area contributed by atoms with Crippen molar-refractivity contribution >= 4 is 33.3 Å². The number of guanidine groups is 1. The van der Waals surface area contributed by atoms with Crippen molar-refractivity contribution in [2.45, 2.75) is 0 Å². The Bertz CT molecular complexity index is 204. The zero-order chi connectivity index (χ0) is 9.23. The molecule has 0 radical (unpaired) electrons. The molecule has 62 valence electrons.